The number of nitrogens with zero attached hydrogens (tertiary/aromatic N) is 1. The van der Waals surface area contributed by atoms with Crippen molar-refractivity contribution in [3.05, 3.63) is 25.4 Å². The van der Waals surface area contributed by atoms with Crippen LogP contribution in [0.4, 0.5) is 0 Å². The predicted molar refractivity (Wildman–Crippen MR) is 62.3 cm³/mol. The molecule has 0 unspecified atom stereocenters. The summed E-state index contributed by atoms with van der Waals surface area (Å²) in [7, 11) is 0. The second kappa shape index (κ2) is 5.01. The summed E-state index contributed by atoms with van der Waals surface area (Å²) in [5.41, 5.74) is 0.354. The molecule has 0 aliphatic heterocycles. The largest absolute Gasteiger partial charge is 0.390 e. The smallest absolute Gasteiger partial charge is 0.246 e. The van der Waals surface area contributed by atoms with E-state index in [4.69, 9.17) is 0 Å². The van der Waals surface area contributed by atoms with E-state index in [2.05, 4.69) is 25.4 Å². The van der Waals surface area contributed by atoms with E-state index < -0.39 is 0 Å². The van der Waals surface area contributed by atoms with Gasteiger partial charge in [0.2, 0.25) is 5.91 Å². The molecule has 15 heavy (non-hydrogen) atoms. The second-order valence-electron chi connectivity index (χ2n) is 4.43. The van der Waals surface area contributed by atoms with Crippen LogP contribution in [0.25, 0.3) is 0 Å². The van der Waals surface area contributed by atoms with Crippen molar-refractivity contribution in [1.29, 1.82) is 0 Å². The molecule has 1 aliphatic rings. The van der Waals surface area contributed by atoms with Crippen LogP contribution in [0.5, 0.6) is 0 Å². The number of nitrogens with one attached hydrogen (secondary N) is 1. The van der Waals surface area contributed by atoms with E-state index in [0.29, 0.717) is 12.0 Å². The summed E-state index contributed by atoms with van der Waals surface area (Å²) in [6.07, 6.45) is 5.49. The molecule has 0 heterocycles. The van der Waals surface area contributed by atoms with Crippen molar-refractivity contribution in [3.8, 4) is 0 Å². The van der Waals surface area contributed by atoms with Crippen molar-refractivity contribution in [1.82, 2.24) is 10.2 Å². The molecule has 0 aromatic carbocycles. The Morgan fingerprint density at radius 1 is 1.53 bits per heavy atom. The third kappa shape index (κ3) is 3.78. The van der Waals surface area contributed by atoms with Gasteiger partial charge < -0.3 is 10.2 Å². The monoisotopic (exact) mass is 208 g/mol. The maximum atomic E-state index is 11.6. The fourth-order valence-corrected chi connectivity index (χ4v) is 1.53. The molecule has 1 amide bonds. The Balaban J connectivity index is 2.41. The molecular weight excluding hydrogens is 188 g/mol. The number of rotatable bonds is 7. The lowest BCUT2D eigenvalue weighted by molar-refractivity contribution is -0.126. The number of hydrogen-bond acceptors (Lipinski definition) is 2. The molecule has 1 aliphatic carbocycles. The normalized spacial score (nSPS) is 16.6. The molecule has 1 saturated carbocycles. The molecule has 3 heteroatoms. The summed E-state index contributed by atoms with van der Waals surface area (Å²) in [6.45, 7) is 11.6. The Morgan fingerprint density at radius 3 is 2.67 bits per heavy atom. The van der Waals surface area contributed by atoms with Crippen molar-refractivity contribution in [2.75, 3.05) is 19.6 Å². The van der Waals surface area contributed by atoms with Crippen LogP contribution in [-0.4, -0.2) is 30.4 Å². The molecule has 84 valence electrons. The molecule has 0 atom stereocenters. The van der Waals surface area contributed by atoms with Gasteiger partial charge in [-0.1, -0.05) is 20.1 Å². The fraction of sp³-hybridized carbons (Fsp3) is 0.583. The van der Waals surface area contributed by atoms with Gasteiger partial charge in [0.05, 0.1) is 0 Å². The van der Waals surface area contributed by atoms with E-state index in [0.717, 1.165) is 13.1 Å². The van der Waals surface area contributed by atoms with Crippen molar-refractivity contribution in [2.24, 2.45) is 5.41 Å². The number of amides is 1. The zero-order valence-electron chi connectivity index (χ0n) is 9.46. The minimum absolute atomic E-state index is 0.0222. The lowest BCUT2D eigenvalue weighted by Gasteiger charge is -2.24. The Hall–Kier alpha value is -1.25. The first-order valence-corrected chi connectivity index (χ1v) is 5.37. The van der Waals surface area contributed by atoms with Crippen LogP contribution in [0.15, 0.2) is 25.4 Å². The topological polar surface area (TPSA) is 32.3 Å². The average Bonchev–Trinajstić information content (AvgIpc) is 2.94. The van der Waals surface area contributed by atoms with E-state index in [1.165, 1.54) is 18.9 Å². The van der Waals surface area contributed by atoms with Crippen LogP contribution in [0.1, 0.15) is 19.8 Å². The van der Waals surface area contributed by atoms with Crippen molar-refractivity contribution in [3.63, 3.8) is 0 Å². The lowest BCUT2D eigenvalue weighted by Crippen LogP contribution is -2.38. The van der Waals surface area contributed by atoms with E-state index in [-0.39, 0.29) is 5.91 Å². The minimum atomic E-state index is 0.0222. The maximum Gasteiger partial charge on any atom is 0.246 e. The number of hydrogen-bond donors (Lipinski definition) is 1. The molecule has 0 radical (unpaired) electrons. The van der Waals surface area contributed by atoms with Crippen LogP contribution in [0.3, 0.4) is 0 Å². The Labute approximate surface area is 91.8 Å². The fourth-order valence-electron chi connectivity index (χ4n) is 1.53. The van der Waals surface area contributed by atoms with E-state index in [1.807, 2.05) is 4.90 Å². The number of carbonyl (C=O) groups is 1. The van der Waals surface area contributed by atoms with Crippen LogP contribution in [0.2, 0.25) is 0 Å². The first-order chi connectivity index (χ1) is 7.11. The van der Waals surface area contributed by atoms with Gasteiger partial charge in [-0.2, -0.15) is 0 Å². The highest BCUT2D eigenvalue weighted by molar-refractivity contribution is 5.87. The van der Waals surface area contributed by atoms with Crippen LogP contribution < -0.4 is 5.32 Å². The zero-order valence-corrected chi connectivity index (χ0v) is 9.46. The highest BCUT2D eigenvalue weighted by Crippen LogP contribution is 2.45. The molecular formula is C12H20N2O. The molecule has 1 rings (SSSR count). The summed E-state index contributed by atoms with van der Waals surface area (Å²) in [4.78, 5) is 13.4. The molecule has 0 aromatic rings. The molecule has 0 spiro atoms. The molecule has 0 saturated heterocycles. The highest BCUT2D eigenvalue weighted by Gasteiger charge is 2.39. The van der Waals surface area contributed by atoms with Gasteiger partial charge in [-0.05, 0) is 30.5 Å². The second-order valence-corrected chi connectivity index (χ2v) is 4.43. The van der Waals surface area contributed by atoms with Gasteiger partial charge in [0, 0.05) is 19.6 Å². The highest BCUT2D eigenvalue weighted by atomic mass is 16.2. The first kappa shape index (κ1) is 11.8. The number of carbonyl (C=O) groups excluding carboxylic acids is 1. The summed E-state index contributed by atoms with van der Waals surface area (Å²) >= 11 is 0. The molecule has 0 aromatic heterocycles. The van der Waals surface area contributed by atoms with Gasteiger partial charge in [-0.3, -0.25) is 4.79 Å². The lowest BCUT2D eigenvalue weighted by atomic mass is 10.1. The van der Waals surface area contributed by atoms with Crippen LogP contribution >= 0.6 is 0 Å². The minimum Gasteiger partial charge on any atom is -0.390 e. The third-order valence-corrected chi connectivity index (χ3v) is 2.83. The van der Waals surface area contributed by atoms with Crippen LogP contribution in [0, 0.1) is 5.41 Å². The van der Waals surface area contributed by atoms with Crippen molar-refractivity contribution in [2.45, 2.75) is 19.8 Å². The first-order valence-electron chi connectivity index (χ1n) is 5.37. The van der Waals surface area contributed by atoms with Gasteiger partial charge >= 0.3 is 0 Å². The summed E-state index contributed by atoms with van der Waals surface area (Å²) in [6, 6.07) is 0. The van der Waals surface area contributed by atoms with Gasteiger partial charge in [-0.15, -0.1) is 0 Å². The molecule has 0 bridgehead atoms. The van der Waals surface area contributed by atoms with Crippen LogP contribution in [-0.2, 0) is 4.79 Å². The summed E-state index contributed by atoms with van der Waals surface area (Å²) in [5, 5.41) is 3.00. The maximum absolute atomic E-state index is 11.6. The third-order valence-electron chi connectivity index (χ3n) is 2.83. The molecule has 3 nitrogen and oxygen atoms in total. The van der Waals surface area contributed by atoms with Crippen molar-refractivity contribution < 1.29 is 4.79 Å². The quantitative estimate of drug-likeness (QED) is 0.508. The Kier molecular flexibility index (Phi) is 3.95. The molecule has 1 fully saturated rings. The predicted octanol–water partition coefficient (Wildman–Crippen LogP) is 1.53. The van der Waals surface area contributed by atoms with Gasteiger partial charge in [0.25, 0.3) is 0 Å². The van der Waals surface area contributed by atoms with Crippen molar-refractivity contribution >= 4 is 5.91 Å². The van der Waals surface area contributed by atoms with E-state index in [1.54, 1.807) is 6.20 Å². The molecule has 1 N–H and O–H groups in total. The SMILES string of the molecule is C=CNCCN(CC1(C)CC1)C(=O)C=C. The zero-order chi connectivity index (χ0) is 11.3. The Morgan fingerprint density at radius 2 is 2.20 bits per heavy atom. The standard InChI is InChI=1S/C12H20N2O/c1-4-11(15)14(9-8-13-5-2)10-12(3)6-7-12/h4-5,13H,1-2,6-10H2,3H3. The summed E-state index contributed by atoms with van der Waals surface area (Å²) in [5.74, 6) is 0.0222. The average molecular weight is 208 g/mol. The summed E-state index contributed by atoms with van der Waals surface area (Å²) < 4.78 is 0. The van der Waals surface area contributed by atoms with E-state index in [9.17, 15) is 4.79 Å². The van der Waals surface area contributed by atoms with Gasteiger partial charge in [0.1, 0.15) is 0 Å². The Bertz CT molecular complexity index is 256. The van der Waals surface area contributed by atoms with Gasteiger partial charge in [-0.25, -0.2) is 0 Å². The van der Waals surface area contributed by atoms with E-state index >= 15 is 0 Å². The van der Waals surface area contributed by atoms with Gasteiger partial charge in [0.15, 0.2) is 0 Å².